The fraction of sp³-hybridized carbons (Fsp3) is 0.192. The van der Waals surface area contributed by atoms with Gasteiger partial charge in [-0.1, -0.05) is 36.4 Å². The molecule has 0 spiro atoms. The summed E-state index contributed by atoms with van der Waals surface area (Å²) in [4.78, 5) is 23.1. The highest BCUT2D eigenvalue weighted by Gasteiger charge is 2.24. The summed E-state index contributed by atoms with van der Waals surface area (Å²) in [5, 5.41) is 1.19. The molecule has 0 bridgehead atoms. The molecular formula is C26H24N4O2. The number of hydrogen-bond acceptors (Lipinski definition) is 5. The minimum atomic E-state index is -0.434. The highest BCUT2D eigenvalue weighted by Crippen LogP contribution is 2.26. The quantitative estimate of drug-likeness (QED) is 0.524. The van der Waals surface area contributed by atoms with E-state index >= 15 is 0 Å². The second kappa shape index (κ2) is 8.86. The number of ether oxygens (including phenoxy) is 1. The molecule has 4 aromatic rings. The Morgan fingerprint density at radius 1 is 1.03 bits per heavy atom. The first-order valence-corrected chi connectivity index (χ1v) is 10.7. The lowest BCUT2D eigenvalue weighted by atomic mass is 10.1. The molecule has 0 saturated carbocycles. The third kappa shape index (κ3) is 4.23. The van der Waals surface area contributed by atoms with Crippen LogP contribution >= 0.6 is 0 Å². The smallest absolute Gasteiger partial charge is 0.248 e. The molecule has 1 aliphatic heterocycles. The summed E-state index contributed by atoms with van der Waals surface area (Å²) in [6.07, 6.45) is 1.73. The first kappa shape index (κ1) is 20.3. The lowest BCUT2D eigenvalue weighted by Gasteiger charge is -2.33. The molecule has 1 aliphatic rings. The van der Waals surface area contributed by atoms with E-state index < -0.39 is 5.91 Å². The number of rotatable bonds is 5. The van der Waals surface area contributed by atoms with Gasteiger partial charge >= 0.3 is 0 Å². The molecule has 32 heavy (non-hydrogen) atoms. The van der Waals surface area contributed by atoms with Crippen LogP contribution in [0.4, 0.5) is 0 Å². The maximum atomic E-state index is 11.3. The fourth-order valence-electron chi connectivity index (χ4n) is 4.17. The minimum absolute atomic E-state index is 0.0957. The zero-order chi connectivity index (χ0) is 21.9. The molecule has 2 N–H and O–H groups in total. The number of nitrogens with zero attached hydrogens (tertiary/aromatic N) is 3. The Morgan fingerprint density at radius 3 is 2.72 bits per heavy atom. The van der Waals surface area contributed by atoms with Gasteiger partial charge in [0.05, 0.1) is 23.5 Å². The van der Waals surface area contributed by atoms with Crippen molar-refractivity contribution >= 4 is 16.8 Å². The molecule has 6 nitrogen and oxygen atoms in total. The topological polar surface area (TPSA) is 81.3 Å². The summed E-state index contributed by atoms with van der Waals surface area (Å²) >= 11 is 0. The maximum absolute atomic E-state index is 11.3. The number of hydrogen-bond donors (Lipinski definition) is 1. The molecule has 0 radical (unpaired) electrons. The van der Waals surface area contributed by atoms with E-state index in [9.17, 15) is 4.79 Å². The lowest BCUT2D eigenvalue weighted by molar-refractivity contribution is -0.0348. The zero-order valence-electron chi connectivity index (χ0n) is 17.6. The van der Waals surface area contributed by atoms with E-state index in [1.807, 2.05) is 48.7 Å². The van der Waals surface area contributed by atoms with Crippen LogP contribution in [0.25, 0.3) is 22.2 Å². The van der Waals surface area contributed by atoms with Crippen LogP contribution in [0.5, 0.6) is 0 Å². The average Bonchev–Trinajstić information content (AvgIpc) is 2.85. The van der Waals surface area contributed by atoms with Crippen molar-refractivity contribution in [2.45, 2.75) is 12.6 Å². The Kier molecular flexibility index (Phi) is 5.62. The second-order valence-electron chi connectivity index (χ2n) is 7.97. The van der Waals surface area contributed by atoms with E-state index in [-0.39, 0.29) is 6.10 Å². The number of primary amides is 1. The summed E-state index contributed by atoms with van der Waals surface area (Å²) in [6, 6.07) is 23.6. The van der Waals surface area contributed by atoms with Gasteiger partial charge in [-0.05, 0) is 42.0 Å². The Hall–Kier alpha value is -3.61. The monoisotopic (exact) mass is 424 g/mol. The van der Waals surface area contributed by atoms with Crippen molar-refractivity contribution in [1.29, 1.82) is 0 Å². The predicted octanol–water partition coefficient (Wildman–Crippen LogP) is 3.97. The van der Waals surface area contributed by atoms with E-state index in [4.69, 9.17) is 15.5 Å². The number of nitrogens with two attached hydrogens (primary N) is 1. The second-order valence-corrected chi connectivity index (χ2v) is 7.97. The predicted molar refractivity (Wildman–Crippen MR) is 124 cm³/mol. The number of carbonyl (C=O) groups is 1. The molecule has 1 fully saturated rings. The van der Waals surface area contributed by atoms with Gasteiger partial charge in [-0.25, -0.2) is 0 Å². The molecular weight excluding hydrogens is 400 g/mol. The van der Waals surface area contributed by atoms with Crippen LogP contribution in [0.15, 0.2) is 79.0 Å². The third-order valence-corrected chi connectivity index (χ3v) is 5.85. The van der Waals surface area contributed by atoms with Crippen molar-refractivity contribution in [1.82, 2.24) is 14.9 Å². The fourth-order valence-corrected chi connectivity index (χ4v) is 4.17. The number of aromatic nitrogens is 2. The van der Waals surface area contributed by atoms with Gasteiger partial charge < -0.3 is 10.5 Å². The van der Waals surface area contributed by atoms with Crippen LogP contribution in [0.1, 0.15) is 27.7 Å². The first-order chi connectivity index (χ1) is 15.7. The van der Waals surface area contributed by atoms with Crippen LogP contribution in [-0.4, -0.2) is 40.5 Å². The summed E-state index contributed by atoms with van der Waals surface area (Å²) in [5.74, 6) is -0.434. The van der Waals surface area contributed by atoms with Crippen molar-refractivity contribution in [3.8, 4) is 11.3 Å². The molecule has 3 heterocycles. The Labute approximate surface area is 186 Å². The molecule has 1 saturated heterocycles. The highest BCUT2D eigenvalue weighted by molar-refractivity contribution is 5.93. The molecule has 1 atom stereocenters. The highest BCUT2D eigenvalue weighted by atomic mass is 16.5. The molecule has 0 unspecified atom stereocenters. The maximum Gasteiger partial charge on any atom is 0.248 e. The Balaban J connectivity index is 1.34. The summed E-state index contributed by atoms with van der Waals surface area (Å²) < 4.78 is 6.08. The molecule has 2 aromatic heterocycles. The molecule has 2 aromatic carbocycles. The molecule has 0 aliphatic carbocycles. The van der Waals surface area contributed by atoms with Gasteiger partial charge in [0.2, 0.25) is 5.91 Å². The van der Waals surface area contributed by atoms with Crippen molar-refractivity contribution in [2.75, 3.05) is 19.7 Å². The summed E-state index contributed by atoms with van der Waals surface area (Å²) in [5.41, 5.74) is 10.8. The van der Waals surface area contributed by atoms with Crippen molar-refractivity contribution < 1.29 is 9.53 Å². The Bertz CT molecular complexity index is 1250. The molecule has 5 rings (SSSR count). The van der Waals surface area contributed by atoms with Crippen LogP contribution in [0, 0.1) is 0 Å². The summed E-state index contributed by atoms with van der Waals surface area (Å²) in [6.45, 7) is 3.15. The van der Waals surface area contributed by atoms with E-state index in [1.54, 1.807) is 12.1 Å². The number of carbonyl (C=O) groups excluding carboxylic acids is 1. The van der Waals surface area contributed by atoms with Crippen molar-refractivity contribution in [3.05, 3.63) is 95.8 Å². The number of fused-ring (bicyclic) bond motifs is 1. The van der Waals surface area contributed by atoms with Gasteiger partial charge in [0, 0.05) is 42.3 Å². The largest absolute Gasteiger partial charge is 0.369 e. The van der Waals surface area contributed by atoms with Crippen molar-refractivity contribution in [2.24, 2.45) is 5.73 Å². The van der Waals surface area contributed by atoms with E-state index in [2.05, 4.69) is 28.1 Å². The standard InChI is InChI=1S/C26H24N4O2/c27-26(31)19-11-9-18(10-12-19)22-6-2-8-24(29-22)25-17-30(14-15-32-25)16-20-4-1-7-23-21(20)5-3-13-28-23/h1-13,25H,14-17H2,(H2,27,31)/t25-/m1/s1. The van der Waals surface area contributed by atoms with Crippen molar-refractivity contribution in [3.63, 3.8) is 0 Å². The van der Waals surface area contributed by atoms with Gasteiger partial charge in [0.1, 0.15) is 6.10 Å². The zero-order valence-corrected chi connectivity index (χ0v) is 17.6. The van der Waals surface area contributed by atoms with Crippen LogP contribution in [0.2, 0.25) is 0 Å². The summed E-state index contributed by atoms with van der Waals surface area (Å²) in [7, 11) is 0. The number of morpholine rings is 1. The molecule has 160 valence electrons. The van der Waals surface area contributed by atoms with E-state index in [0.717, 1.165) is 42.1 Å². The third-order valence-electron chi connectivity index (χ3n) is 5.85. The van der Waals surface area contributed by atoms with Gasteiger partial charge in [0.25, 0.3) is 0 Å². The number of amides is 1. The van der Waals surface area contributed by atoms with Gasteiger partial charge in [-0.2, -0.15) is 0 Å². The van der Waals surface area contributed by atoms with Crippen LogP contribution in [-0.2, 0) is 11.3 Å². The van der Waals surface area contributed by atoms with E-state index in [1.165, 1.54) is 10.9 Å². The van der Waals surface area contributed by atoms with Crippen LogP contribution < -0.4 is 5.73 Å². The molecule has 6 heteroatoms. The normalized spacial score (nSPS) is 16.8. The first-order valence-electron chi connectivity index (χ1n) is 10.7. The van der Waals surface area contributed by atoms with Gasteiger partial charge in [0.15, 0.2) is 0 Å². The lowest BCUT2D eigenvalue weighted by Crippen LogP contribution is -2.38. The average molecular weight is 425 g/mol. The number of pyridine rings is 2. The van der Waals surface area contributed by atoms with Gasteiger partial charge in [-0.3, -0.25) is 19.7 Å². The van der Waals surface area contributed by atoms with E-state index in [0.29, 0.717) is 12.2 Å². The number of benzene rings is 2. The molecule has 1 amide bonds. The van der Waals surface area contributed by atoms with Crippen LogP contribution in [0.3, 0.4) is 0 Å². The minimum Gasteiger partial charge on any atom is -0.369 e. The van der Waals surface area contributed by atoms with Gasteiger partial charge in [-0.15, -0.1) is 0 Å². The SMILES string of the molecule is NC(=O)c1ccc(-c2cccc([C@H]3CN(Cc4cccc5ncccc45)CCO3)n2)cc1. The Morgan fingerprint density at radius 2 is 1.88 bits per heavy atom.